The van der Waals surface area contributed by atoms with Crippen molar-refractivity contribution in [3.63, 3.8) is 0 Å². The van der Waals surface area contributed by atoms with Gasteiger partial charge in [-0.2, -0.15) is 0 Å². The zero-order chi connectivity index (χ0) is 11.4. The maximum Gasteiger partial charge on any atom is -0.0300 e. The molecule has 0 saturated carbocycles. The highest BCUT2D eigenvalue weighted by Crippen LogP contribution is 2.40. The van der Waals surface area contributed by atoms with E-state index in [9.17, 15) is 0 Å². The van der Waals surface area contributed by atoms with Gasteiger partial charge in [-0.05, 0) is 29.6 Å². The van der Waals surface area contributed by atoms with E-state index in [4.69, 9.17) is 0 Å². The first-order valence-corrected chi connectivity index (χ1v) is 6.37. The molecule has 0 nitrogen and oxygen atoms in total. The van der Waals surface area contributed by atoms with Gasteiger partial charge in [0.2, 0.25) is 0 Å². The van der Waals surface area contributed by atoms with Crippen LogP contribution in [0.2, 0.25) is 0 Å². The Morgan fingerprint density at radius 3 is 1.79 bits per heavy atom. The monoisotopic (exact) mass is 198 g/mol. The first-order chi connectivity index (χ1) is 6.37. The van der Waals surface area contributed by atoms with Crippen LogP contribution in [0.3, 0.4) is 0 Å². The minimum Gasteiger partial charge on any atom is -0.0651 e. The van der Waals surface area contributed by atoms with E-state index < -0.39 is 0 Å². The molecule has 14 heavy (non-hydrogen) atoms. The summed E-state index contributed by atoms with van der Waals surface area (Å²) in [6, 6.07) is 0. The summed E-state index contributed by atoms with van der Waals surface area (Å²) in [5, 5.41) is 0. The van der Waals surface area contributed by atoms with E-state index in [0.29, 0.717) is 5.41 Å². The second kappa shape index (κ2) is 5.78. The molecule has 0 aliphatic heterocycles. The SMILES string of the molecule is CCC(C)C(C)(CC)CC(C)C(C)C. The summed E-state index contributed by atoms with van der Waals surface area (Å²) in [6.45, 7) is 16.6. The summed E-state index contributed by atoms with van der Waals surface area (Å²) >= 11 is 0. The molecule has 0 fully saturated rings. The fraction of sp³-hybridized carbons (Fsp3) is 1.00. The van der Waals surface area contributed by atoms with Crippen molar-refractivity contribution < 1.29 is 0 Å². The Bertz CT molecular complexity index is 148. The lowest BCUT2D eigenvalue weighted by atomic mass is 9.68. The van der Waals surface area contributed by atoms with E-state index in [1.165, 1.54) is 19.3 Å². The van der Waals surface area contributed by atoms with Gasteiger partial charge >= 0.3 is 0 Å². The Morgan fingerprint density at radius 2 is 1.50 bits per heavy atom. The van der Waals surface area contributed by atoms with Crippen molar-refractivity contribution in [2.75, 3.05) is 0 Å². The van der Waals surface area contributed by atoms with Crippen LogP contribution in [-0.4, -0.2) is 0 Å². The third kappa shape index (κ3) is 3.63. The second-order valence-electron chi connectivity index (χ2n) is 5.74. The van der Waals surface area contributed by atoms with Gasteiger partial charge in [0.05, 0.1) is 0 Å². The van der Waals surface area contributed by atoms with Gasteiger partial charge in [-0.15, -0.1) is 0 Å². The summed E-state index contributed by atoms with van der Waals surface area (Å²) < 4.78 is 0. The number of hydrogen-bond donors (Lipinski definition) is 0. The van der Waals surface area contributed by atoms with Crippen molar-refractivity contribution in [3.05, 3.63) is 0 Å². The number of rotatable bonds is 6. The van der Waals surface area contributed by atoms with Crippen molar-refractivity contribution in [1.82, 2.24) is 0 Å². The Labute approximate surface area is 91.5 Å². The second-order valence-corrected chi connectivity index (χ2v) is 5.74. The maximum absolute atomic E-state index is 2.47. The Morgan fingerprint density at radius 1 is 1.00 bits per heavy atom. The minimum absolute atomic E-state index is 0.554. The van der Waals surface area contributed by atoms with E-state index in [0.717, 1.165) is 17.8 Å². The van der Waals surface area contributed by atoms with Gasteiger partial charge in [0, 0.05) is 0 Å². The van der Waals surface area contributed by atoms with E-state index in [1.54, 1.807) is 0 Å². The quantitative estimate of drug-likeness (QED) is 0.555. The maximum atomic E-state index is 2.47. The van der Waals surface area contributed by atoms with Crippen LogP contribution >= 0.6 is 0 Å². The summed E-state index contributed by atoms with van der Waals surface area (Å²) in [7, 11) is 0. The lowest BCUT2D eigenvalue weighted by Crippen LogP contribution is -2.28. The van der Waals surface area contributed by atoms with E-state index >= 15 is 0 Å². The Hall–Kier alpha value is 0. The van der Waals surface area contributed by atoms with E-state index in [1.807, 2.05) is 0 Å². The molecule has 3 atom stereocenters. The fourth-order valence-corrected chi connectivity index (χ4v) is 2.16. The first kappa shape index (κ1) is 14.0. The average Bonchev–Trinajstić information content (AvgIpc) is 2.15. The highest BCUT2D eigenvalue weighted by molar-refractivity contribution is 4.80. The van der Waals surface area contributed by atoms with Gasteiger partial charge in [0.25, 0.3) is 0 Å². The average molecular weight is 198 g/mol. The summed E-state index contributed by atoms with van der Waals surface area (Å²) in [5.41, 5.74) is 0.554. The molecule has 0 heterocycles. The highest BCUT2D eigenvalue weighted by atomic mass is 14.4. The van der Waals surface area contributed by atoms with Crippen molar-refractivity contribution >= 4 is 0 Å². The molecule has 0 amide bonds. The van der Waals surface area contributed by atoms with Gasteiger partial charge in [-0.25, -0.2) is 0 Å². The third-order valence-corrected chi connectivity index (χ3v) is 4.54. The van der Waals surface area contributed by atoms with Gasteiger partial charge in [0.15, 0.2) is 0 Å². The van der Waals surface area contributed by atoms with Crippen LogP contribution < -0.4 is 0 Å². The molecule has 86 valence electrons. The standard InChI is InChI=1S/C14H30/c1-8-13(6)14(7,9-2)10-12(5)11(3)4/h11-13H,8-10H2,1-7H3. The van der Waals surface area contributed by atoms with Crippen molar-refractivity contribution in [2.24, 2.45) is 23.2 Å². The Balaban J connectivity index is 4.39. The van der Waals surface area contributed by atoms with Crippen molar-refractivity contribution in [1.29, 1.82) is 0 Å². The predicted octanol–water partition coefficient (Wildman–Crippen LogP) is 5.13. The zero-order valence-electron chi connectivity index (χ0n) is 11.4. The molecule has 0 aliphatic carbocycles. The molecular formula is C14H30. The largest absolute Gasteiger partial charge is 0.0651 e. The highest BCUT2D eigenvalue weighted by Gasteiger charge is 2.30. The van der Waals surface area contributed by atoms with Crippen LogP contribution in [0.4, 0.5) is 0 Å². The van der Waals surface area contributed by atoms with Crippen LogP contribution in [0.15, 0.2) is 0 Å². The molecule has 0 spiro atoms. The fourth-order valence-electron chi connectivity index (χ4n) is 2.16. The van der Waals surface area contributed by atoms with Crippen molar-refractivity contribution in [3.8, 4) is 0 Å². The molecule has 0 rings (SSSR count). The van der Waals surface area contributed by atoms with Gasteiger partial charge in [-0.1, -0.05) is 61.3 Å². The van der Waals surface area contributed by atoms with Crippen molar-refractivity contribution in [2.45, 2.75) is 67.7 Å². The molecule has 0 aromatic heterocycles. The van der Waals surface area contributed by atoms with Gasteiger partial charge < -0.3 is 0 Å². The van der Waals surface area contributed by atoms with Gasteiger partial charge in [0.1, 0.15) is 0 Å². The molecular weight excluding hydrogens is 168 g/mol. The number of hydrogen-bond acceptors (Lipinski definition) is 0. The zero-order valence-corrected chi connectivity index (χ0v) is 11.4. The van der Waals surface area contributed by atoms with E-state index in [2.05, 4.69) is 48.5 Å². The molecule has 0 heteroatoms. The smallest absolute Gasteiger partial charge is 0.0300 e. The molecule has 0 bridgehead atoms. The molecule has 0 saturated heterocycles. The predicted molar refractivity (Wildman–Crippen MR) is 66.5 cm³/mol. The van der Waals surface area contributed by atoms with E-state index in [-0.39, 0.29) is 0 Å². The lowest BCUT2D eigenvalue weighted by Gasteiger charge is -2.38. The topological polar surface area (TPSA) is 0 Å². The summed E-state index contributed by atoms with van der Waals surface area (Å²) in [4.78, 5) is 0. The lowest BCUT2D eigenvalue weighted by molar-refractivity contribution is 0.128. The van der Waals surface area contributed by atoms with Crippen LogP contribution in [-0.2, 0) is 0 Å². The molecule has 0 aromatic rings. The first-order valence-electron chi connectivity index (χ1n) is 6.37. The normalized spacial score (nSPS) is 20.6. The molecule has 0 aromatic carbocycles. The molecule has 3 unspecified atom stereocenters. The van der Waals surface area contributed by atoms with Gasteiger partial charge in [-0.3, -0.25) is 0 Å². The van der Waals surface area contributed by atoms with Crippen LogP contribution in [0, 0.1) is 23.2 Å². The Kier molecular flexibility index (Phi) is 5.78. The molecule has 0 N–H and O–H groups in total. The minimum atomic E-state index is 0.554. The van der Waals surface area contributed by atoms with Crippen LogP contribution in [0.25, 0.3) is 0 Å². The van der Waals surface area contributed by atoms with Crippen LogP contribution in [0.1, 0.15) is 67.7 Å². The summed E-state index contributed by atoms with van der Waals surface area (Å²) in [5.74, 6) is 2.53. The molecule has 0 aliphatic rings. The summed E-state index contributed by atoms with van der Waals surface area (Å²) in [6.07, 6.45) is 4.02. The van der Waals surface area contributed by atoms with Crippen LogP contribution in [0.5, 0.6) is 0 Å². The molecule has 0 radical (unpaired) electrons. The third-order valence-electron chi connectivity index (χ3n) is 4.54.